The molecule has 0 bridgehead atoms. The van der Waals surface area contributed by atoms with Crippen LogP contribution < -0.4 is 0 Å². The van der Waals surface area contributed by atoms with Gasteiger partial charge in [0.05, 0.1) is 0 Å². The molecule has 5 heteroatoms. The number of benzene rings is 1. The molecular formula is C19H22F2N2O. The van der Waals surface area contributed by atoms with Crippen LogP contribution in [0.3, 0.4) is 0 Å². The van der Waals surface area contributed by atoms with E-state index < -0.39 is 11.6 Å². The van der Waals surface area contributed by atoms with Gasteiger partial charge in [-0.05, 0) is 62.3 Å². The van der Waals surface area contributed by atoms with E-state index >= 15 is 0 Å². The van der Waals surface area contributed by atoms with Crippen LogP contribution in [-0.2, 0) is 6.42 Å². The number of halogens is 2. The number of nitrogens with one attached hydrogen (secondary N) is 1. The van der Waals surface area contributed by atoms with E-state index in [1.807, 2.05) is 24.1 Å². The Balaban J connectivity index is 1.60. The van der Waals surface area contributed by atoms with Crippen molar-refractivity contribution < 1.29 is 13.6 Å². The Kier molecular flexibility index (Phi) is 4.97. The van der Waals surface area contributed by atoms with Crippen molar-refractivity contribution >= 4 is 5.91 Å². The fraction of sp³-hybridized carbons (Fsp3) is 0.421. The minimum absolute atomic E-state index is 0.00451. The van der Waals surface area contributed by atoms with Crippen molar-refractivity contribution in [3.8, 4) is 0 Å². The van der Waals surface area contributed by atoms with E-state index in [2.05, 4.69) is 4.98 Å². The third-order valence-corrected chi connectivity index (χ3v) is 4.73. The quantitative estimate of drug-likeness (QED) is 0.899. The first-order chi connectivity index (χ1) is 11.5. The first kappa shape index (κ1) is 16.7. The molecule has 1 atom stereocenters. The van der Waals surface area contributed by atoms with Crippen LogP contribution in [0, 0.1) is 24.5 Å². The maximum absolute atomic E-state index is 13.7. The third-order valence-electron chi connectivity index (χ3n) is 4.73. The third kappa shape index (κ3) is 3.66. The molecule has 2 heterocycles. The highest BCUT2D eigenvalue weighted by Gasteiger charge is 2.25. The van der Waals surface area contributed by atoms with Gasteiger partial charge in [-0.1, -0.05) is 6.07 Å². The molecule has 24 heavy (non-hydrogen) atoms. The number of aromatic nitrogens is 1. The van der Waals surface area contributed by atoms with Crippen LogP contribution in [0.2, 0.25) is 0 Å². The van der Waals surface area contributed by atoms with E-state index in [-0.39, 0.29) is 17.4 Å². The summed E-state index contributed by atoms with van der Waals surface area (Å²) in [5.41, 5.74) is 1.79. The van der Waals surface area contributed by atoms with Crippen LogP contribution in [0.5, 0.6) is 0 Å². The normalized spacial score (nSPS) is 18.0. The van der Waals surface area contributed by atoms with Crippen LogP contribution >= 0.6 is 0 Å². The smallest absolute Gasteiger partial charge is 0.270 e. The van der Waals surface area contributed by atoms with Gasteiger partial charge in [0, 0.05) is 24.8 Å². The highest BCUT2D eigenvalue weighted by molar-refractivity contribution is 5.92. The number of H-pyrrole nitrogens is 1. The van der Waals surface area contributed by atoms with Crippen LogP contribution in [-0.4, -0.2) is 28.9 Å². The number of piperidine rings is 1. The standard InChI is InChI=1S/C19H22F2N2O/c1-13-10-18(22-11-13)19(24)23-9-3-4-14(12-23)7-8-15-16(20)5-2-6-17(15)21/h2,5-6,10-11,14,22H,3-4,7-9,12H2,1H3/t14-/m1/s1. The lowest BCUT2D eigenvalue weighted by atomic mass is 9.91. The topological polar surface area (TPSA) is 36.1 Å². The van der Waals surface area contributed by atoms with E-state index in [1.165, 1.54) is 18.2 Å². The molecule has 0 saturated carbocycles. The average molecular weight is 332 g/mol. The second kappa shape index (κ2) is 7.16. The molecule has 0 spiro atoms. The molecule has 1 N–H and O–H groups in total. The summed E-state index contributed by atoms with van der Waals surface area (Å²) in [6.07, 6.45) is 4.78. The Morgan fingerprint density at radius 1 is 1.33 bits per heavy atom. The van der Waals surface area contributed by atoms with E-state index in [1.54, 1.807) is 0 Å². The lowest BCUT2D eigenvalue weighted by Crippen LogP contribution is -2.40. The van der Waals surface area contributed by atoms with Gasteiger partial charge in [-0.3, -0.25) is 4.79 Å². The van der Waals surface area contributed by atoms with Crippen molar-refractivity contribution in [2.75, 3.05) is 13.1 Å². The minimum atomic E-state index is -0.486. The summed E-state index contributed by atoms with van der Waals surface area (Å²) in [6, 6.07) is 5.82. The number of nitrogens with zero attached hydrogens (tertiary/aromatic N) is 1. The lowest BCUT2D eigenvalue weighted by Gasteiger charge is -2.32. The molecule has 0 aliphatic carbocycles. The fourth-order valence-electron chi connectivity index (χ4n) is 3.40. The Morgan fingerprint density at radius 2 is 2.08 bits per heavy atom. The van der Waals surface area contributed by atoms with Crippen molar-refractivity contribution in [3.63, 3.8) is 0 Å². The molecule has 3 rings (SSSR count). The first-order valence-electron chi connectivity index (χ1n) is 8.42. The van der Waals surface area contributed by atoms with Crippen molar-refractivity contribution in [3.05, 3.63) is 58.9 Å². The summed E-state index contributed by atoms with van der Waals surface area (Å²) in [5.74, 6) is -0.691. The summed E-state index contributed by atoms with van der Waals surface area (Å²) in [4.78, 5) is 17.4. The SMILES string of the molecule is Cc1c[nH]c(C(=O)N2CCC[C@H](CCc3c(F)cccc3F)C2)c1. The Morgan fingerprint density at radius 3 is 2.75 bits per heavy atom. The van der Waals surface area contributed by atoms with Crippen LogP contribution in [0.4, 0.5) is 8.78 Å². The van der Waals surface area contributed by atoms with Gasteiger partial charge in [0.15, 0.2) is 0 Å². The summed E-state index contributed by atoms with van der Waals surface area (Å²) in [5, 5.41) is 0. The second-order valence-electron chi connectivity index (χ2n) is 6.59. The molecule has 1 amide bonds. The highest BCUT2D eigenvalue weighted by Crippen LogP contribution is 2.24. The first-order valence-corrected chi connectivity index (χ1v) is 8.42. The van der Waals surface area contributed by atoms with Gasteiger partial charge >= 0.3 is 0 Å². The Labute approximate surface area is 140 Å². The van der Waals surface area contributed by atoms with Gasteiger partial charge in [0.25, 0.3) is 5.91 Å². The molecule has 0 unspecified atom stereocenters. The molecule has 1 saturated heterocycles. The molecule has 1 aromatic heterocycles. The van der Waals surface area contributed by atoms with Gasteiger partial charge in [-0.25, -0.2) is 8.78 Å². The van der Waals surface area contributed by atoms with Crippen molar-refractivity contribution in [1.82, 2.24) is 9.88 Å². The van der Waals surface area contributed by atoms with Gasteiger partial charge < -0.3 is 9.88 Å². The van der Waals surface area contributed by atoms with Crippen molar-refractivity contribution in [2.24, 2.45) is 5.92 Å². The summed E-state index contributed by atoms with van der Waals surface area (Å²) < 4.78 is 27.4. The van der Waals surface area contributed by atoms with E-state index in [0.29, 0.717) is 25.1 Å². The molecule has 128 valence electrons. The number of carbonyl (C=O) groups excluding carboxylic acids is 1. The molecule has 1 aliphatic rings. The monoisotopic (exact) mass is 332 g/mol. The maximum atomic E-state index is 13.7. The van der Waals surface area contributed by atoms with E-state index in [9.17, 15) is 13.6 Å². The molecule has 1 aliphatic heterocycles. The van der Waals surface area contributed by atoms with Gasteiger partial charge in [0.1, 0.15) is 17.3 Å². The highest BCUT2D eigenvalue weighted by atomic mass is 19.1. The van der Waals surface area contributed by atoms with Crippen LogP contribution in [0.1, 0.15) is 40.9 Å². The number of hydrogen-bond donors (Lipinski definition) is 1. The average Bonchev–Trinajstić information content (AvgIpc) is 3.00. The van der Waals surface area contributed by atoms with E-state index in [0.717, 1.165) is 24.9 Å². The number of amides is 1. The zero-order valence-corrected chi connectivity index (χ0v) is 13.8. The van der Waals surface area contributed by atoms with Crippen molar-refractivity contribution in [2.45, 2.75) is 32.6 Å². The van der Waals surface area contributed by atoms with E-state index in [4.69, 9.17) is 0 Å². The molecule has 2 aromatic rings. The Bertz CT molecular complexity index is 706. The zero-order chi connectivity index (χ0) is 17.1. The number of carbonyl (C=O) groups is 1. The van der Waals surface area contributed by atoms with Gasteiger partial charge in [-0.15, -0.1) is 0 Å². The number of hydrogen-bond acceptors (Lipinski definition) is 1. The summed E-state index contributed by atoms with van der Waals surface area (Å²) in [6.45, 7) is 3.32. The van der Waals surface area contributed by atoms with Crippen molar-refractivity contribution in [1.29, 1.82) is 0 Å². The number of aryl methyl sites for hydroxylation is 1. The molecule has 0 radical (unpaired) electrons. The number of likely N-dealkylation sites (tertiary alicyclic amines) is 1. The van der Waals surface area contributed by atoms with Gasteiger partial charge in [-0.2, -0.15) is 0 Å². The lowest BCUT2D eigenvalue weighted by molar-refractivity contribution is 0.0662. The predicted octanol–water partition coefficient (Wildman–Crippen LogP) is 4.09. The summed E-state index contributed by atoms with van der Waals surface area (Å²) in [7, 11) is 0. The van der Waals surface area contributed by atoms with Gasteiger partial charge in [0.2, 0.25) is 0 Å². The molecule has 1 fully saturated rings. The zero-order valence-electron chi connectivity index (χ0n) is 13.8. The molecule has 3 nitrogen and oxygen atoms in total. The Hall–Kier alpha value is -2.17. The molecular weight excluding hydrogens is 310 g/mol. The minimum Gasteiger partial charge on any atom is -0.357 e. The molecule has 1 aromatic carbocycles. The maximum Gasteiger partial charge on any atom is 0.270 e. The second-order valence-corrected chi connectivity index (χ2v) is 6.59. The summed E-state index contributed by atoms with van der Waals surface area (Å²) >= 11 is 0. The largest absolute Gasteiger partial charge is 0.357 e. The number of rotatable bonds is 4. The van der Waals surface area contributed by atoms with Crippen LogP contribution in [0.15, 0.2) is 30.5 Å². The predicted molar refractivity (Wildman–Crippen MR) is 88.8 cm³/mol. The number of aromatic amines is 1. The van der Waals surface area contributed by atoms with Crippen LogP contribution in [0.25, 0.3) is 0 Å². The fourth-order valence-corrected chi connectivity index (χ4v) is 3.40.